The predicted molar refractivity (Wildman–Crippen MR) is 101 cm³/mol. The fourth-order valence-electron chi connectivity index (χ4n) is 2.45. The molecular formula is C20H15NO6S. The molecule has 0 aromatic heterocycles. The van der Waals surface area contributed by atoms with Crippen LogP contribution in [0.3, 0.4) is 0 Å². The maximum Gasteiger partial charge on any atom is 0.338 e. The molecule has 0 heterocycles. The highest BCUT2D eigenvalue weighted by Gasteiger charge is 2.17. The number of esters is 1. The first-order valence-corrected chi connectivity index (χ1v) is 9.67. The SMILES string of the molecule is O=C(OCc1ccc(S(=O)(=O)c2ccccc2)cc1)c1ccc([N+](=O)[O-])cc1. The van der Waals surface area contributed by atoms with Gasteiger partial charge in [0.05, 0.1) is 20.3 Å². The first kappa shape index (κ1) is 19.2. The summed E-state index contributed by atoms with van der Waals surface area (Å²) in [4.78, 5) is 22.4. The number of carbonyl (C=O) groups excluding carboxylic acids is 1. The average molecular weight is 397 g/mol. The van der Waals surface area contributed by atoms with Crippen LogP contribution in [0, 0.1) is 10.1 Å². The number of hydrogen-bond donors (Lipinski definition) is 0. The van der Waals surface area contributed by atoms with Crippen LogP contribution in [-0.4, -0.2) is 19.3 Å². The van der Waals surface area contributed by atoms with E-state index in [9.17, 15) is 23.3 Å². The molecule has 0 spiro atoms. The van der Waals surface area contributed by atoms with Crippen molar-refractivity contribution in [1.82, 2.24) is 0 Å². The number of carbonyl (C=O) groups is 1. The molecule has 0 radical (unpaired) electrons. The third kappa shape index (κ3) is 4.24. The number of nitro benzene ring substituents is 1. The zero-order chi connectivity index (χ0) is 20.1. The number of non-ortho nitro benzene ring substituents is 1. The van der Waals surface area contributed by atoms with Gasteiger partial charge in [-0.3, -0.25) is 10.1 Å². The van der Waals surface area contributed by atoms with Crippen molar-refractivity contribution >= 4 is 21.5 Å². The van der Waals surface area contributed by atoms with Gasteiger partial charge in [0.1, 0.15) is 6.61 Å². The number of benzene rings is 3. The summed E-state index contributed by atoms with van der Waals surface area (Å²) in [7, 11) is -3.60. The van der Waals surface area contributed by atoms with Gasteiger partial charge in [0.15, 0.2) is 0 Å². The van der Waals surface area contributed by atoms with Crippen molar-refractivity contribution in [3.05, 3.63) is 100 Å². The van der Waals surface area contributed by atoms with Gasteiger partial charge < -0.3 is 4.74 Å². The predicted octanol–water partition coefficient (Wildman–Crippen LogP) is 3.78. The number of hydrogen-bond acceptors (Lipinski definition) is 6. The van der Waals surface area contributed by atoms with Gasteiger partial charge in [0.25, 0.3) is 5.69 Å². The summed E-state index contributed by atoms with van der Waals surface area (Å²) in [5.74, 6) is -0.629. The van der Waals surface area contributed by atoms with Crippen LogP contribution in [-0.2, 0) is 21.2 Å². The molecular weight excluding hydrogens is 382 g/mol. The van der Waals surface area contributed by atoms with E-state index < -0.39 is 20.7 Å². The van der Waals surface area contributed by atoms with Crippen LogP contribution in [0.1, 0.15) is 15.9 Å². The Balaban J connectivity index is 1.66. The molecule has 3 rings (SSSR count). The average Bonchev–Trinajstić information content (AvgIpc) is 2.73. The van der Waals surface area contributed by atoms with Gasteiger partial charge >= 0.3 is 5.97 Å². The minimum atomic E-state index is -3.60. The van der Waals surface area contributed by atoms with Gasteiger partial charge in [0.2, 0.25) is 9.84 Å². The second-order valence-corrected chi connectivity index (χ2v) is 7.79. The summed E-state index contributed by atoms with van der Waals surface area (Å²) >= 11 is 0. The monoisotopic (exact) mass is 397 g/mol. The number of sulfone groups is 1. The maximum absolute atomic E-state index is 12.5. The van der Waals surface area contributed by atoms with Crippen molar-refractivity contribution in [3.63, 3.8) is 0 Å². The van der Waals surface area contributed by atoms with Gasteiger partial charge in [-0.25, -0.2) is 13.2 Å². The van der Waals surface area contributed by atoms with Crippen LogP contribution >= 0.6 is 0 Å². The molecule has 7 nitrogen and oxygen atoms in total. The van der Waals surface area contributed by atoms with Crippen molar-refractivity contribution < 1.29 is 22.9 Å². The summed E-state index contributed by atoms with van der Waals surface area (Å²) in [6, 6.07) is 19.2. The Hall–Kier alpha value is -3.52. The molecule has 0 atom stereocenters. The Morgan fingerprint density at radius 3 is 2.00 bits per heavy atom. The molecule has 0 bridgehead atoms. The lowest BCUT2D eigenvalue weighted by atomic mass is 10.2. The van der Waals surface area contributed by atoms with E-state index in [0.717, 1.165) is 0 Å². The first-order valence-electron chi connectivity index (χ1n) is 8.18. The van der Waals surface area contributed by atoms with E-state index in [2.05, 4.69) is 0 Å². The fourth-order valence-corrected chi connectivity index (χ4v) is 3.73. The molecule has 0 amide bonds. The molecule has 28 heavy (non-hydrogen) atoms. The molecule has 0 saturated carbocycles. The van der Waals surface area contributed by atoms with Crippen LogP contribution in [0.4, 0.5) is 5.69 Å². The normalized spacial score (nSPS) is 11.0. The molecule has 0 aliphatic heterocycles. The van der Waals surface area contributed by atoms with Gasteiger partial charge in [-0.1, -0.05) is 30.3 Å². The Morgan fingerprint density at radius 1 is 0.857 bits per heavy atom. The van der Waals surface area contributed by atoms with E-state index in [-0.39, 0.29) is 27.6 Å². The van der Waals surface area contributed by atoms with Crippen molar-refractivity contribution in [3.8, 4) is 0 Å². The van der Waals surface area contributed by atoms with E-state index in [1.165, 1.54) is 48.5 Å². The molecule has 8 heteroatoms. The van der Waals surface area contributed by atoms with Crippen LogP contribution in [0.2, 0.25) is 0 Å². The van der Waals surface area contributed by atoms with Crippen LogP contribution in [0.25, 0.3) is 0 Å². The van der Waals surface area contributed by atoms with Crippen LogP contribution in [0.5, 0.6) is 0 Å². The quantitative estimate of drug-likeness (QED) is 0.356. The number of rotatable bonds is 6. The first-order chi connectivity index (χ1) is 13.4. The standard InChI is InChI=1S/C20H15NO6S/c22-20(16-8-10-17(11-9-16)21(23)24)27-14-15-6-12-19(13-7-15)28(25,26)18-4-2-1-3-5-18/h1-13H,14H2. The van der Waals surface area contributed by atoms with E-state index in [0.29, 0.717) is 5.56 Å². The third-order valence-corrected chi connectivity index (χ3v) is 5.76. The molecule has 0 unspecified atom stereocenters. The number of nitro groups is 1. The highest BCUT2D eigenvalue weighted by Crippen LogP contribution is 2.21. The van der Waals surface area contributed by atoms with E-state index in [1.807, 2.05) is 0 Å². The summed E-state index contributed by atoms with van der Waals surface area (Å²) in [5.41, 5.74) is 0.683. The van der Waals surface area contributed by atoms with Gasteiger partial charge in [-0.15, -0.1) is 0 Å². The minimum Gasteiger partial charge on any atom is -0.457 e. The number of nitrogens with zero attached hydrogens (tertiary/aromatic N) is 1. The minimum absolute atomic E-state index is 0.0541. The molecule has 142 valence electrons. The zero-order valence-electron chi connectivity index (χ0n) is 14.5. The van der Waals surface area contributed by atoms with Gasteiger partial charge in [-0.2, -0.15) is 0 Å². The highest BCUT2D eigenvalue weighted by molar-refractivity contribution is 7.91. The zero-order valence-corrected chi connectivity index (χ0v) is 15.3. The molecule has 0 aliphatic rings. The van der Waals surface area contributed by atoms with Crippen LogP contribution < -0.4 is 0 Å². The largest absolute Gasteiger partial charge is 0.457 e. The van der Waals surface area contributed by atoms with E-state index >= 15 is 0 Å². The van der Waals surface area contributed by atoms with Crippen LogP contribution in [0.15, 0.2) is 88.7 Å². The molecule has 0 aliphatic carbocycles. The Labute approximate surface area is 161 Å². The smallest absolute Gasteiger partial charge is 0.338 e. The van der Waals surface area contributed by atoms with Gasteiger partial charge in [-0.05, 0) is 42.0 Å². The Kier molecular flexibility index (Phi) is 5.51. The Bertz CT molecular complexity index is 1090. The second-order valence-electron chi connectivity index (χ2n) is 5.84. The van der Waals surface area contributed by atoms with E-state index in [4.69, 9.17) is 4.74 Å². The maximum atomic E-state index is 12.5. The summed E-state index contributed by atoms with van der Waals surface area (Å²) in [5, 5.41) is 10.6. The lowest BCUT2D eigenvalue weighted by Gasteiger charge is -2.07. The van der Waals surface area contributed by atoms with Crippen molar-refractivity contribution in [1.29, 1.82) is 0 Å². The van der Waals surface area contributed by atoms with Crippen molar-refractivity contribution in [2.75, 3.05) is 0 Å². The molecule has 0 fully saturated rings. The van der Waals surface area contributed by atoms with Crippen molar-refractivity contribution in [2.45, 2.75) is 16.4 Å². The van der Waals surface area contributed by atoms with Gasteiger partial charge in [0, 0.05) is 12.1 Å². The molecule has 3 aromatic rings. The Morgan fingerprint density at radius 2 is 1.43 bits per heavy atom. The summed E-state index contributed by atoms with van der Waals surface area (Å²) < 4.78 is 30.2. The molecule has 0 saturated heterocycles. The summed E-state index contributed by atoms with van der Waals surface area (Å²) in [6.45, 7) is -0.0541. The topological polar surface area (TPSA) is 104 Å². The fraction of sp³-hybridized carbons (Fsp3) is 0.0500. The number of ether oxygens (including phenoxy) is 1. The lowest BCUT2D eigenvalue weighted by Crippen LogP contribution is -2.06. The second kappa shape index (κ2) is 8.01. The molecule has 3 aromatic carbocycles. The van der Waals surface area contributed by atoms with Crippen molar-refractivity contribution in [2.24, 2.45) is 0 Å². The summed E-state index contributed by atoms with van der Waals surface area (Å²) in [6.07, 6.45) is 0. The molecule has 0 N–H and O–H groups in total. The highest BCUT2D eigenvalue weighted by atomic mass is 32.2. The van der Waals surface area contributed by atoms with E-state index in [1.54, 1.807) is 30.3 Å². The third-order valence-electron chi connectivity index (χ3n) is 3.97. The lowest BCUT2D eigenvalue weighted by molar-refractivity contribution is -0.384.